The zero-order valence-electron chi connectivity index (χ0n) is 18.2. The number of sulfonamides is 2. The average Bonchev–Trinajstić information content (AvgIpc) is 3.08. The van der Waals surface area contributed by atoms with E-state index < -0.39 is 20.0 Å². The van der Waals surface area contributed by atoms with Crippen molar-refractivity contribution >= 4 is 20.0 Å². The molecule has 8 nitrogen and oxygen atoms in total. The number of nitrogens with zero attached hydrogens (tertiary/aromatic N) is 4. The van der Waals surface area contributed by atoms with E-state index in [1.54, 1.807) is 23.7 Å². The van der Waals surface area contributed by atoms with Gasteiger partial charge in [0.25, 0.3) is 0 Å². The van der Waals surface area contributed by atoms with Crippen LogP contribution in [0.2, 0.25) is 0 Å². The predicted octanol–water partition coefficient (Wildman–Crippen LogP) is 2.20. The fourth-order valence-corrected chi connectivity index (χ4v) is 6.57. The maximum absolute atomic E-state index is 13.0. The third-order valence-electron chi connectivity index (χ3n) is 5.53. The second kappa shape index (κ2) is 8.07. The Balaban J connectivity index is 1.75. The van der Waals surface area contributed by atoms with Crippen molar-refractivity contribution in [2.24, 2.45) is 0 Å². The smallest absolute Gasteiger partial charge is 0.246 e. The van der Waals surface area contributed by atoms with Gasteiger partial charge in [0.05, 0.1) is 16.8 Å². The van der Waals surface area contributed by atoms with Gasteiger partial charge in [0.1, 0.15) is 4.90 Å². The van der Waals surface area contributed by atoms with Gasteiger partial charge in [-0.25, -0.2) is 16.8 Å². The van der Waals surface area contributed by atoms with E-state index in [0.717, 1.165) is 5.56 Å². The van der Waals surface area contributed by atoms with Crippen LogP contribution in [0.1, 0.15) is 39.0 Å². The third-order valence-corrected chi connectivity index (χ3v) is 9.45. The average molecular weight is 455 g/mol. The molecule has 0 N–H and O–H groups in total. The first kappa shape index (κ1) is 22.9. The highest BCUT2D eigenvalue weighted by Crippen LogP contribution is 2.26. The second-order valence-corrected chi connectivity index (χ2v) is 12.3. The van der Waals surface area contributed by atoms with Crippen molar-refractivity contribution in [1.29, 1.82) is 0 Å². The first-order valence-electron chi connectivity index (χ1n) is 10.0. The predicted molar refractivity (Wildman–Crippen MR) is 115 cm³/mol. The molecule has 1 aromatic carbocycles. The number of benzene rings is 1. The Morgan fingerprint density at radius 3 is 1.83 bits per heavy atom. The van der Waals surface area contributed by atoms with Gasteiger partial charge in [-0.3, -0.25) is 4.68 Å². The molecule has 1 aromatic heterocycles. The minimum atomic E-state index is -3.71. The van der Waals surface area contributed by atoms with Gasteiger partial charge < -0.3 is 0 Å². The molecule has 1 fully saturated rings. The fourth-order valence-electron chi connectivity index (χ4n) is 3.57. The Bertz CT molecular complexity index is 1110. The van der Waals surface area contributed by atoms with E-state index in [-0.39, 0.29) is 41.4 Å². The summed E-state index contributed by atoms with van der Waals surface area (Å²) in [6.07, 6.45) is 1.37. The maximum Gasteiger partial charge on any atom is 0.246 e. The Labute approximate surface area is 179 Å². The molecule has 1 aliphatic heterocycles. The minimum Gasteiger partial charge on any atom is -0.269 e. The lowest BCUT2D eigenvalue weighted by Crippen LogP contribution is -2.50. The van der Waals surface area contributed by atoms with Crippen LogP contribution >= 0.6 is 0 Å². The van der Waals surface area contributed by atoms with Crippen LogP contribution in [-0.2, 0) is 32.0 Å². The first-order valence-corrected chi connectivity index (χ1v) is 12.9. The Morgan fingerprint density at radius 2 is 1.40 bits per heavy atom. The molecule has 0 spiro atoms. The van der Waals surface area contributed by atoms with Crippen molar-refractivity contribution in [2.75, 3.05) is 26.2 Å². The van der Waals surface area contributed by atoms with Gasteiger partial charge in [-0.05, 0) is 37.0 Å². The molecule has 0 amide bonds. The summed E-state index contributed by atoms with van der Waals surface area (Å²) in [5.41, 5.74) is 1.58. The molecule has 2 aromatic rings. The van der Waals surface area contributed by atoms with Gasteiger partial charge in [-0.2, -0.15) is 13.7 Å². The van der Waals surface area contributed by atoms with E-state index in [2.05, 4.69) is 25.9 Å². The highest BCUT2D eigenvalue weighted by Gasteiger charge is 2.35. The molecule has 2 heterocycles. The second-order valence-electron chi connectivity index (χ2n) is 8.49. The minimum absolute atomic E-state index is 0.0635. The molecule has 0 aliphatic carbocycles. The van der Waals surface area contributed by atoms with E-state index in [1.165, 1.54) is 14.8 Å². The number of aryl methyl sites for hydroxylation is 1. The first-order chi connectivity index (χ1) is 13.9. The quantitative estimate of drug-likeness (QED) is 0.691. The molecule has 3 rings (SSSR count). The molecule has 166 valence electrons. The zero-order valence-corrected chi connectivity index (χ0v) is 19.8. The lowest BCUT2D eigenvalue weighted by atomic mass is 9.87. The number of hydrogen-bond acceptors (Lipinski definition) is 5. The molecule has 0 atom stereocenters. The molecule has 0 bridgehead atoms. The molecule has 1 saturated heterocycles. The normalized spacial score (nSPS) is 17.4. The van der Waals surface area contributed by atoms with Crippen LogP contribution in [-0.4, -0.2) is 61.4 Å². The van der Waals surface area contributed by atoms with Crippen molar-refractivity contribution < 1.29 is 16.8 Å². The summed E-state index contributed by atoms with van der Waals surface area (Å²) >= 11 is 0. The van der Waals surface area contributed by atoms with Crippen molar-refractivity contribution in [3.8, 4) is 0 Å². The highest BCUT2D eigenvalue weighted by atomic mass is 32.2. The molecule has 0 saturated carbocycles. The highest BCUT2D eigenvalue weighted by molar-refractivity contribution is 7.89. The topological polar surface area (TPSA) is 92.6 Å². The lowest BCUT2D eigenvalue weighted by Gasteiger charge is -2.33. The van der Waals surface area contributed by atoms with Crippen molar-refractivity contribution in [3.63, 3.8) is 0 Å². The Kier molecular flexibility index (Phi) is 6.16. The van der Waals surface area contributed by atoms with Crippen molar-refractivity contribution in [1.82, 2.24) is 18.4 Å². The largest absolute Gasteiger partial charge is 0.269 e. The van der Waals surface area contributed by atoms with E-state index in [4.69, 9.17) is 0 Å². The van der Waals surface area contributed by atoms with Crippen molar-refractivity contribution in [3.05, 3.63) is 41.7 Å². The van der Waals surface area contributed by atoms with Gasteiger partial charge >= 0.3 is 0 Å². The molecule has 10 heteroatoms. The Morgan fingerprint density at radius 1 is 0.900 bits per heavy atom. The third kappa shape index (κ3) is 4.18. The number of piperazine rings is 1. The van der Waals surface area contributed by atoms with Gasteiger partial charge in [0, 0.05) is 32.7 Å². The lowest BCUT2D eigenvalue weighted by molar-refractivity contribution is 0.272. The van der Waals surface area contributed by atoms with E-state index in [0.29, 0.717) is 12.2 Å². The molecular formula is C20H30N4O4S2. The Hall–Kier alpha value is -1.75. The van der Waals surface area contributed by atoms with Crippen LogP contribution in [0.15, 0.2) is 40.3 Å². The molecule has 0 radical (unpaired) electrons. The summed E-state index contributed by atoms with van der Waals surface area (Å²) in [5, 5.41) is 4.12. The summed E-state index contributed by atoms with van der Waals surface area (Å²) in [6.45, 7) is 10.9. The van der Waals surface area contributed by atoms with Gasteiger partial charge in [0.15, 0.2) is 0 Å². The van der Waals surface area contributed by atoms with E-state index in [9.17, 15) is 16.8 Å². The van der Waals surface area contributed by atoms with Crippen LogP contribution in [0.3, 0.4) is 0 Å². The standard InChI is InChI=1S/C20H30N4O4S2/c1-6-24-16(2)19(15-21-24)30(27,28)23-13-11-22(12-14-23)29(25,26)18-9-7-17(8-10-18)20(3,4)5/h7-10,15H,6,11-14H2,1-5H3. The molecule has 30 heavy (non-hydrogen) atoms. The van der Waals surface area contributed by atoms with Gasteiger partial charge in [0.2, 0.25) is 20.0 Å². The summed E-state index contributed by atoms with van der Waals surface area (Å²) in [5.74, 6) is 0. The number of hydrogen-bond donors (Lipinski definition) is 0. The summed E-state index contributed by atoms with van der Waals surface area (Å²) in [6, 6.07) is 6.92. The fraction of sp³-hybridized carbons (Fsp3) is 0.550. The summed E-state index contributed by atoms with van der Waals surface area (Å²) in [7, 11) is -7.38. The van der Waals surface area contributed by atoms with Gasteiger partial charge in [-0.1, -0.05) is 32.9 Å². The van der Waals surface area contributed by atoms with Crippen LogP contribution in [0, 0.1) is 6.92 Å². The van der Waals surface area contributed by atoms with Crippen LogP contribution in [0.25, 0.3) is 0 Å². The molecule has 0 unspecified atom stereocenters. The number of rotatable bonds is 5. The maximum atomic E-state index is 13.0. The van der Waals surface area contributed by atoms with Crippen LogP contribution < -0.4 is 0 Å². The number of aromatic nitrogens is 2. The summed E-state index contributed by atoms with van der Waals surface area (Å²) in [4.78, 5) is 0.408. The van der Waals surface area contributed by atoms with E-state index in [1.807, 2.05) is 19.1 Å². The van der Waals surface area contributed by atoms with Crippen LogP contribution in [0.5, 0.6) is 0 Å². The monoisotopic (exact) mass is 454 g/mol. The summed E-state index contributed by atoms with van der Waals surface area (Å²) < 4.78 is 56.4. The SMILES string of the molecule is CCn1ncc(S(=O)(=O)N2CCN(S(=O)(=O)c3ccc(C(C)(C)C)cc3)CC2)c1C. The van der Waals surface area contributed by atoms with Gasteiger partial charge in [-0.15, -0.1) is 0 Å². The zero-order chi connectivity index (χ0) is 22.3. The van der Waals surface area contributed by atoms with E-state index >= 15 is 0 Å². The molecule has 1 aliphatic rings. The molecular weight excluding hydrogens is 424 g/mol. The van der Waals surface area contributed by atoms with Crippen LogP contribution in [0.4, 0.5) is 0 Å². The van der Waals surface area contributed by atoms with Crippen molar-refractivity contribution in [2.45, 2.75) is 56.4 Å².